The predicted octanol–water partition coefficient (Wildman–Crippen LogP) is 2.45. The fourth-order valence-electron chi connectivity index (χ4n) is 3.02. The highest BCUT2D eigenvalue weighted by Crippen LogP contribution is 2.41. The molecule has 4 nitrogen and oxygen atoms in total. The molecule has 100 valence electrons. The minimum absolute atomic E-state index is 0.0930. The molecule has 4 heteroatoms. The quantitative estimate of drug-likeness (QED) is 0.874. The molecule has 1 fully saturated rings. The van der Waals surface area contributed by atoms with Gasteiger partial charge in [0.1, 0.15) is 0 Å². The van der Waals surface area contributed by atoms with Crippen molar-refractivity contribution in [3.63, 3.8) is 0 Å². The van der Waals surface area contributed by atoms with Gasteiger partial charge in [-0.05, 0) is 40.2 Å². The Morgan fingerprint density at radius 1 is 1.39 bits per heavy atom. The number of ether oxygens (including phenoxy) is 1. The van der Waals surface area contributed by atoms with Crippen molar-refractivity contribution in [2.75, 3.05) is 17.7 Å². The van der Waals surface area contributed by atoms with Crippen molar-refractivity contribution in [3.8, 4) is 0 Å². The van der Waals surface area contributed by atoms with E-state index in [0.29, 0.717) is 11.7 Å². The van der Waals surface area contributed by atoms with Gasteiger partial charge in [0.2, 0.25) is 0 Å². The van der Waals surface area contributed by atoms with E-state index >= 15 is 0 Å². The normalized spacial score (nSPS) is 25.1. The summed E-state index contributed by atoms with van der Waals surface area (Å²) in [6.45, 7) is 8.55. The number of nitrogens with two attached hydrogens (primary N) is 1. The van der Waals surface area contributed by atoms with Crippen molar-refractivity contribution < 1.29 is 4.74 Å². The molecular formula is C14H23N3O. The van der Waals surface area contributed by atoms with Crippen LogP contribution in [0.2, 0.25) is 0 Å². The highest BCUT2D eigenvalue weighted by atomic mass is 16.5. The molecule has 0 aromatic carbocycles. The zero-order valence-electron chi connectivity index (χ0n) is 11.9. The third-order valence-electron chi connectivity index (χ3n) is 3.70. The van der Waals surface area contributed by atoms with Crippen molar-refractivity contribution in [3.05, 3.63) is 18.5 Å². The van der Waals surface area contributed by atoms with Crippen LogP contribution in [-0.2, 0) is 4.74 Å². The number of hydrogen-bond donors (Lipinski definition) is 1. The summed E-state index contributed by atoms with van der Waals surface area (Å²) in [6.07, 6.45) is 4.45. The van der Waals surface area contributed by atoms with E-state index in [1.165, 1.54) is 0 Å². The molecule has 0 amide bonds. The number of nitrogens with zero attached hydrogens (tertiary/aromatic N) is 2. The Labute approximate surface area is 109 Å². The van der Waals surface area contributed by atoms with Crippen LogP contribution in [0.3, 0.4) is 0 Å². The van der Waals surface area contributed by atoms with Gasteiger partial charge >= 0.3 is 0 Å². The van der Waals surface area contributed by atoms with Crippen LogP contribution < -0.4 is 10.6 Å². The van der Waals surface area contributed by atoms with Crippen molar-refractivity contribution in [1.82, 2.24) is 4.98 Å². The zero-order valence-corrected chi connectivity index (χ0v) is 11.9. The Morgan fingerprint density at radius 3 is 2.56 bits per heavy atom. The smallest absolute Gasteiger partial charge is 0.0836 e. The van der Waals surface area contributed by atoms with Gasteiger partial charge < -0.3 is 15.4 Å². The van der Waals surface area contributed by atoms with E-state index in [1.807, 2.05) is 6.07 Å². The highest BCUT2D eigenvalue weighted by molar-refractivity contribution is 5.66. The third kappa shape index (κ3) is 2.29. The Morgan fingerprint density at radius 2 is 2.06 bits per heavy atom. The van der Waals surface area contributed by atoms with Crippen LogP contribution in [0.1, 0.15) is 34.1 Å². The lowest BCUT2D eigenvalue weighted by molar-refractivity contribution is -0.0676. The minimum atomic E-state index is -0.187. The average molecular weight is 249 g/mol. The molecule has 1 unspecified atom stereocenters. The summed E-state index contributed by atoms with van der Waals surface area (Å²) < 4.78 is 6.13. The van der Waals surface area contributed by atoms with Crippen molar-refractivity contribution in [1.29, 1.82) is 0 Å². The van der Waals surface area contributed by atoms with Crippen LogP contribution in [0.15, 0.2) is 18.5 Å². The minimum Gasteiger partial charge on any atom is -0.396 e. The summed E-state index contributed by atoms with van der Waals surface area (Å²) in [4.78, 5) is 6.25. The molecule has 18 heavy (non-hydrogen) atoms. The van der Waals surface area contributed by atoms with Crippen molar-refractivity contribution in [2.45, 2.75) is 51.4 Å². The average Bonchev–Trinajstić information content (AvgIpc) is 2.46. The van der Waals surface area contributed by atoms with Gasteiger partial charge in [-0.15, -0.1) is 0 Å². The molecule has 1 atom stereocenters. The summed E-state index contributed by atoms with van der Waals surface area (Å²) in [7, 11) is 2.07. The summed E-state index contributed by atoms with van der Waals surface area (Å²) >= 11 is 0. The van der Waals surface area contributed by atoms with Crippen molar-refractivity contribution in [2.24, 2.45) is 0 Å². The fourth-order valence-corrected chi connectivity index (χ4v) is 3.02. The molecule has 1 aliphatic heterocycles. The summed E-state index contributed by atoms with van der Waals surface area (Å²) in [5, 5.41) is 0. The van der Waals surface area contributed by atoms with Gasteiger partial charge in [0, 0.05) is 13.2 Å². The van der Waals surface area contributed by atoms with E-state index in [1.54, 1.807) is 12.4 Å². The molecule has 2 N–H and O–H groups in total. The molecule has 1 aliphatic rings. The molecule has 0 bridgehead atoms. The number of aromatic nitrogens is 1. The molecule has 2 heterocycles. The Kier molecular flexibility index (Phi) is 3.01. The second-order valence-corrected chi connectivity index (χ2v) is 6.23. The Hall–Kier alpha value is -1.29. The number of hydrogen-bond acceptors (Lipinski definition) is 4. The second kappa shape index (κ2) is 4.12. The lowest BCUT2D eigenvalue weighted by Crippen LogP contribution is -2.44. The topological polar surface area (TPSA) is 51.4 Å². The highest BCUT2D eigenvalue weighted by Gasteiger charge is 2.47. The van der Waals surface area contributed by atoms with Crippen LogP contribution in [0.5, 0.6) is 0 Å². The van der Waals surface area contributed by atoms with Crippen LogP contribution in [0.4, 0.5) is 11.4 Å². The fraction of sp³-hybridized carbons (Fsp3) is 0.643. The first-order valence-corrected chi connectivity index (χ1v) is 6.35. The van der Waals surface area contributed by atoms with Crippen LogP contribution >= 0.6 is 0 Å². The maximum Gasteiger partial charge on any atom is 0.0836 e. The van der Waals surface area contributed by atoms with E-state index in [9.17, 15) is 0 Å². The van der Waals surface area contributed by atoms with Gasteiger partial charge in [0.25, 0.3) is 0 Å². The maximum atomic E-state index is 6.13. The first-order valence-electron chi connectivity index (χ1n) is 6.35. The molecule has 0 aliphatic carbocycles. The molecule has 1 saturated heterocycles. The molecule has 1 aromatic rings. The molecule has 0 radical (unpaired) electrons. The standard InChI is InChI=1S/C14H23N3O/c1-13(2)8-12(14(3,4)18-13)17(5)11-6-7-16-9-10(11)15/h6-7,9,12H,8,15H2,1-5H3. The number of anilines is 2. The molecule has 0 saturated carbocycles. The largest absolute Gasteiger partial charge is 0.396 e. The molecule has 1 aromatic heterocycles. The lowest BCUT2D eigenvalue weighted by Gasteiger charge is -2.35. The van der Waals surface area contributed by atoms with Gasteiger partial charge in [0.15, 0.2) is 0 Å². The Bertz CT molecular complexity index is 442. The maximum absolute atomic E-state index is 6.13. The molecular weight excluding hydrogens is 226 g/mol. The monoisotopic (exact) mass is 249 g/mol. The first kappa shape index (κ1) is 13.1. The van der Waals surface area contributed by atoms with Crippen LogP contribution in [0.25, 0.3) is 0 Å². The van der Waals surface area contributed by atoms with E-state index in [-0.39, 0.29) is 11.2 Å². The van der Waals surface area contributed by atoms with E-state index in [0.717, 1.165) is 12.1 Å². The van der Waals surface area contributed by atoms with E-state index < -0.39 is 0 Å². The Balaban J connectivity index is 2.30. The summed E-state index contributed by atoms with van der Waals surface area (Å²) in [5.74, 6) is 0. The van der Waals surface area contributed by atoms with Gasteiger partial charge in [0.05, 0.1) is 34.8 Å². The number of likely N-dealkylation sites (N-methyl/N-ethyl adjacent to an activating group) is 1. The number of pyridine rings is 1. The first-order chi connectivity index (χ1) is 8.23. The van der Waals surface area contributed by atoms with Gasteiger partial charge in [-0.1, -0.05) is 0 Å². The predicted molar refractivity (Wildman–Crippen MR) is 74.7 cm³/mol. The van der Waals surface area contributed by atoms with E-state index in [2.05, 4.69) is 44.6 Å². The zero-order chi connectivity index (χ0) is 13.6. The van der Waals surface area contributed by atoms with Gasteiger partial charge in [-0.2, -0.15) is 0 Å². The molecule has 0 spiro atoms. The number of nitrogen functional groups attached to an aromatic ring is 1. The van der Waals surface area contributed by atoms with Crippen LogP contribution in [0, 0.1) is 0 Å². The van der Waals surface area contributed by atoms with Gasteiger partial charge in [-0.3, -0.25) is 4.98 Å². The van der Waals surface area contributed by atoms with Crippen LogP contribution in [-0.4, -0.2) is 29.3 Å². The van der Waals surface area contributed by atoms with Crippen molar-refractivity contribution >= 4 is 11.4 Å². The SMILES string of the molecule is CN(c1ccncc1N)C1CC(C)(C)OC1(C)C. The summed E-state index contributed by atoms with van der Waals surface area (Å²) in [6, 6.07) is 2.26. The summed E-state index contributed by atoms with van der Waals surface area (Å²) in [5.41, 5.74) is 7.45. The third-order valence-corrected chi connectivity index (χ3v) is 3.70. The second-order valence-electron chi connectivity index (χ2n) is 6.23. The molecule has 2 rings (SSSR count). The van der Waals surface area contributed by atoms with Gasteiger partial charge in [-0.25, -0.2) is 0 Å². The number of rotatable bonds is 2. The van der Waals surface area contributed by atoms with E-state index in [4.69, 9.17) is 10.5 Å². The lowest BCUT2D eigenvalue weighted by atomic mass is 9.93.